The van der Waals surface area contributed by atoms with Crippen molar-refractivity contribution >= 4 is 34.9 Å². The predicted molar refractivity (Wildman–Crippen MR) is 145 cm³/mol. The highest BCUT2D eigenvalue weighted by molar-refractivity contribution is 6.30. The molecule has 1 unspecified atom stereocenters. The number of carbonyl (C=O) groups is 6. The van der Waals surface area contributed by atoms with Crippen molar-refractivity contribution in [1.82, 2.24) is 4.90 Å². The Hall–Kier alpha value is -5.30. The molecule has 0 radical (unpaired) electrons. The first-order chi connectivity index (χ1) is 19.2. The van der Waals surface area contributed by atoms with Crippen LogP contribution in [0, 0.1) is 6.92 Å². The van der Waals surface area contributed by atoms with Crippen LogP contribution in [-0.4, -0.2) is 46.9 Å². The van der Waals surface area contributed by atoms with Crippen LogP contribution < -0.4 is 0 Å². The van der Waals surface area contributed by atoms with Gasteiger partial charge in [-0.15, -0.1) is 0 Å². The molecule has 6 rings (SSSR count). The maximum atomic E-state index is 13.5. The monoisotopic (exact) mass is 527 g/mol. The van der Waals surface area contributed by atoms with E-state index in [0.717, 1.165) is 10.5 Å². The third kappa shape index (κ3) is 3.82. The van der Waals surface area contributed by atoms with Crippen LogP contribution in [0.25, 0.3) is 0 Å². The van der Waals surface area contributed by atoms with Gasteiger partial charge in [0.25, 0.3) is 11.8 Å². The molecule has 1 atom stereocenters. The Kier molecular flexibility index (Phi) is 5.73. The average Bonchev–Trinajstić information content (AvgIpc) is 3.35. The van der Waals surface area contributed by atoms with Gasteiger partial charge in [-0.05, 0) is 48.9 Å². The van der Waals surface area contributed by atoms with Crippen molar-refractivity contribution in [3.8, 4) is 0 Å². The lowest BCUT2D eigenvalue weighted by atomic mass is 9.91. The standard InChI is InChI=1S/C33H21NO6/c1-17-5-3-7-19(13-17)28(35)20-8-4-6-18(14-20)27-30(37)23-11-9-21(15-25(23)31(27)38)29(36)22-10-12-24-26(16-22)33(40)34(2)32(24)39/h3-16,27H,1-2H3. The van der Waals surface area contributed by atoms with E-state index in [0.29, 0.717) is 16.7 Å². The number of fused-ring (bicyclic) bond motifs is 2. The number of imide groups is 1. The van der Waals surface area contributed by atoms with Crippen molar-refractivity contribution in [2.45, 2.75) is 12.8 Å². The van der Waals surface area contributed by atoms with Crippen molar-refractivity contribution in [2.24, 2.45) is 0 Å². The summed E-state index contributed by atoms with van der Waals surface area (Å²) in [5, 5.41) is 0. The molecule has 7 heteroatoms. The number of ketones is 4. The Labute approximate surface area is 229 Å². The van der Waals surface area contributed by atoms with Crippen molar-refractivity contribution in [1.29, 1.82) is 0 Å². The molecule has 4 aromatic carbocycles. The number of rotatable bonds is 5. The Balaban J connectivity index is 1.31. The van der Waals surface area contributed by atoms with Gasteiger partial charge in [-0.25, -0.2) is 0 Å². The van der Waals surface area contributed by atoms with Gasteiger partial charge in [0.15, 0.2) is 23.1 Å². The lowest BCUT2D eigenvalue weighted by molar-refractivity contribution is 0.0691. The van der Waals surface area contributed by atoms with E-state index >= 15 is 0 Å². The molecule has 1 aliphatic heterocycles. The fourth-order valence-electron chi connectivity index (χ4n) is 5.32. The van der Waals surface area contributed by atoms with Gasteiger partial charge in [-0.3, -0.25) is 33.7 Å². The molecule has 0 spiro atoms. The molecule has 1 aliphatic carbocycles. The summed E-state index contributed by atoms with van der Waals surface area (Å²) in [6, 6.07) is 22.3. The molecule has 40 heavy (non-hydrogen) atoms. The lowest BCUT2D eigenvalue weighted by Crippen LogP contribution is -2.24. The summed E-state index contributed by atoms with van der Waals surface area (Å²) in [6.07, 6.45) is 0. The highest BCUT2D eigenvalue weighted by atomic mass is 16.2. The normalized spacial score (nSPS) is 15.8. The van der Waals surface area contributed by atoms with E-state index in [1.165, 1.54) is 43.4 Å². The molecule has 0 bridgehead atoms. The van der Waals surface area contributed by atoms with Crippen molar-refractivity contribution in [3.05, 3.63) is 141 Å². The van der Waals surface area contributed by atoms with E-state index in [-0.39, 0.29) is 39.2 Å². The van der Waals surface area contributed by atoms with Gasteiger partial charge in [0, 0.05) is 40.4 Å². The molecular weight excluding hydrogens is 506 g/mol. The summed E-state index contributed by atoms with van der Waals surface area (Å²) >= 11 is 0. The van der Waals surface area contributed by atoms with Gasteiger partial charge >= 0.3 is 0 Å². The van der Waals surface area contributed by atoms with Crippen LogP contribution in [0.5, 0.6) is 0 Å². The summed E-state index contributed by atoms with van der Waals surface area (Å²) in [7, 11) is 1.37. The van der Waals surface area contributed by atoms with E-state index in [1.54, 1.807) is 42.5 Å². The molecule has 1 heterocycles. The minimum absolute atomic E-state index is 0.128. The molecule has 2 aliphatic rings. The van der Waals surface area contributed by atoms with E-state index in [1.807, 2.05) is 13.0 Å². The minimum atomic E-state index is -1.12. The largest absolute Gasteiger partial charge is 0.293 e. The van der Waals surface area contributed by atoms with E-state index in [2.05, 4.69) is 0 Å². The molecule has 4 aromatic rings. The van der Waals surface area contributed by atoms with E-state index < -0.39 is 35.1 Å². The highest BCUT2D eigenvalue weighted by Gasteiger charge is 2.40. The first-order valence-electron chi connectivity index (χ1n) is 12.6. The van der Waals surface area contributed by atoms with Crippen molar-refractivity contribution in [3.63, 3.8) is 0 Å². The van der Waals surface area contributed by atoms with Crippen LogP contribution >= 0.6 is 0 Å². The number of amides is 2. The average molecular weight is 528 g/mol. The smallest absolute Gasteiger partial charge is 0.261 e. The SMILES string of the molecule is Cc1cccc(C(=O)c2cccc(C3C(=O)c4ccc(C(=O)c5ccc6c(c5)C(=O)N(C)C6=O)cc4C3=O)c2)c1. The second kappa shape index (κ2) is 9.17. The first-order valence-corrected chi connectivity index (χ1v) is 12.6. The second-order valence-corrected chi connectivity index (χ2v) is 10.0. The predicted octanol–water partition coefficient (Wildman–Crippen LogP) is 4.85. The Morgan fingerprint density at radius 2 is 1.10 bits per heavy atom. The van der Waals surface area contributed by atoms with Crippen LogP contribution in [0.3, 0.4) is 0 Å². The van der Waals surface area contributed by atoms with Gasteiger partial charge in [0.1, 0.15) is 5.92 Å². The fraction of sp³-hybridized carbons (Fsp3) is 0.0909. The third-order valence-corrected chi connectivity index (χ3v) is 7.45. The third-order valence-electron chi connectivity index (χ3n) is 7.45. The maximum Gasteiger partial charge on any atom is 0.261 e. The molecule has 2 amide bonds. The molecule has 7 nitrogen and oxygen atoms in total. The maximum absolute atomic E-state index is 13.5. The molecule has 0 N–H and O–H groups in total. The van der Waals surface area contributed by atoms with E-state index in [9.17, 15) is 28.8 Å². The number of benzene rings is 4. The molecule has 0 saturated carbocycles. The van der Waals surface area contributed by atoms with Crippen molar-refractivity contribution in [2.75, 3.05) is 7.05 Å². The summed E-state index contributed by atoms with van der Waals surface area (Å²) in [4.78, 5) is 78.7. The second-order valence-electron chi connectivity index (χ2n) is 10.0. The summed E-state index contributed by atoms with van der Waals surface area (Å²) < 4.78 is 0. The van der Waals surface area contributed by atoms with Crippen LogP contribution in [0.1, 0.15) is 90.3 Å². The molecule has 194 valence electrons. The minimum Gasteiger partial charge on any atom is -0.293 e. The number of aryl methyl sites for hydroxylation is 1. The van der Waals surface area contributed by atoms with Gasteiger partial charge in [0.05, 0.1) is 11.1 Å². The highest BCUT2D eigenvalue weighted by Crippen LogP contribution is 2.35. The number of nitrogens with zero attached hydrogens (tertiary/aromatic N) is 1. The van der Waals surface area contributed by atoms with Crippen LogP contribution in [0.2, 0.25) is 0 Å². The molecule has 0 saturated heterocycles. The Morgan fingerprint density at radius 3 is 1.77 bits per heavy atom. The molecular formula is C33H21NO6. The van der Waals surface area contributed by atoms with Crippen LogP contribution in [0.15, 0.2) is 84.9 Å². The number of Topliss-reactive ketones (excluding diaryl/α,β-unsaturated/α-hetero) is 2. The van der Waals surface area contributed by atoms with Gasteiger partial charge < -0.3 is 0 Å². The van der Waals surface area contributed by atoms with Crippen LogP contribution in [0.4, 0.5) is 0 Å². The van der Waals surface area contributed by atoms with Crippen LogP contribution in [-0.2, 0) is 0 Å². The van der Waals surface area contributed by atoms with Gasteiger partial charge in [-0.2, -0.15) is 0 Å². The summed E-state index contributed by atoms with van der Waals surface area (Å²) in [5.41, 5.74) is 3.29. The molecule has 0 fully saturated rings. The zero-order valence-corrected chi connectivity index (χ0v) is 21.6. The number of carbonyl (C=O) groups excluding carboxylic acids is 6. The van der Waals surface area contributed by atoms with Crippen molar-refractivity contribution < 1.29 is 28.8 Å². The first kappa shape index (κ1) is 25.0. The number of hydrogen-bond acceptors (Lipinski definition) is 6. The zero-order valence-electron chi connectivity index (χ0n) is 21.6. The van der Waals surface area contributed by atoms with Gasteiger partial charge in [0.2, 0.25) is 0 Å². The lowest BCUT2D eigenvalue weighted by Gasteiger charge is -2.10. The van der Waals surface area contributed by atoms with Gasteiger partial charge in [-0.1, -0.05) is 54.1 Å². The Morgan fingerprint density at radius 1 is 0.575 bits per heavy atom. The summed E-state index contributed by atoms with van der Waals surface area (Å²) in [5.74, 6) is -3.56. The fourth-order valence-corrected chi connectivity index (χ4v) is 5.32. The summed E-state index contributed by atoms with van der Waals surface area (Å²) in [6.45, 7) is 1.89. The zero-order chi connectivity index (χ0) is 28.3. The molecule has 0 aromatic heterocycles. The van der Waals surface area contributed by atoms with E-state index in [4.69, 9.17) is 0 Å². The topological polar surface area (TPSA) is 106 Å². The Bertz CT molecular complexity index is 1850. The quantitative estimate of drug-likeness (QED) is 0.209. The number of hydrogen-bond donors (Lipinski definition) is 0.